The monoisotopic (exact) mass is 266 g/mol. The quantitative estimate of drug-likeness (QED) is 0.869. The molecule has 3 heteroatoms. The number of carboxylic acids is 1. The molecule has 2 rings (SSSR count). The number of carbonyl (C=O) groups is 1. The number of hydrogen-bond donors (Lipinski definition) is 1. The van der Waals surface area contributed by atoms with Crippen molar-refractivity contribution in [3.05, 3.63) is 65.2 Å². The molecule has 1 N–H and O–H groups in total. The van der Waals surface area contributed by atoms with E-state index in [1.165, 1.54) is 0 Å². The zero-order valence-corrected chi connectivity index (χ0v) is 11.1. The zero-order chi connectivity index (χ0) is 14.4. The number of carboxylic acid groups (broad SMARTS) is 1. The van der Waals surface area contributed by atoms with Gasteiger partial charge >= 0.3 is 5.97 Å². The first-order valence-corrected chi connectivity index (χ1v) is 6.18. The zero-order valence-electron chi connectivity index (χ0n) is 11.1. The van der Waals surface area contributed by atoms with Gasteiger partial charge in [0.2, 0.25) is 0 Å². The number of para-hydroxylation sites is 1. The predicted molar refractivity (Wildman–Crippen MR) is 76.5 cm³/mol. The minimum Gasteiger partial charge on any atom is -0.487 e. The van der Waals surface area contributed by atoms with Crippen LogP contribution >= 0.6 is 0 Å². The molecular weight excluding hydrogens is 252 g/mol. The van der Waals surface area contributed by atoms with Crippen LogP contribution in [0, 0.1) is 18.8 Å². The van der Waals surface area contributed by atoms with Crippen LogP contribution in [-0.4, -0.2) is 11.1 Å². The van der Waals surface area contributed by atoms with Crippen molar-refractivity contribution >= 4 is 5.97 Å². The van der Waals surface area contributed by atoms with E-state index in [1.807, 2.05) is 49.4 Å². The summed E-state index contributed by atoms with van der Waals surface area (Å²) in [4.78, 5) is 10.5. The topological polar surface area (TPSA) is 46.5 Å². The Labute approximate surface area is 117 Å². The summed E-state index contributed by atoms with van der Waals surface area (Å²) in [6.07, 6.45) is 0. The lowest BCUT2D eigenvalue weighted by Crippen LogP contribution is -1.99. The fourth-order valence-corrected chi connectivity index (χ4v) is 1.79. The van der Waals surface area contributed by atoms with E-state index in [2.05, 4.69) is 11.8 Å². The maximum Gasteiger partial charge on any atom is 0.382 e. The second-order valence-electron chi connectivity index (χ2n) is 4.28. The molecule has 0 saturated carbocycles. The standard InChI is InChI=1S/C17H14O3/c1-13-6-5-9-15(10-11-16(18)19)17(13)20-12-14-7-3-2-4-8-14/h2-9H,12H2,1H3,(H,18,19). The van der Waals surface area contributed by atoms with Gasteiger partial charge in [-0.15, -0.1) is 0 Å². The first-order chi connectivity index (χ1) is 9.66. The van der Waals surface area contributed by atoms with Crippen LogP contribution in [0.1, 0.15) is 16.7 Å². The van der Waals surface area contributed by atoms with Crippen LogP contribution in [-0.2, 0) is 11.4 Å². The van der Waals surface area contributed by atoms with Gasteiger partial charge in [-0.25, -0.2) is 4.79 Å². The lowest BCUT2D eigenvalue weighted by atomic mass is 10.1. The highest BCUT2D eigenvalue weighted by Gasteiger charge is 2.05. The van der Waals surface area contributed by atoms with Crippen LogP contribution in [0.2, 0.25) is 0 Å². The van der Waals surface area contributed by atoms with E-state index in [0.717, 1.165) is 11.1 Å². The highest BCUT2D eigenvalue weighted by atomic mass is 16.5. The van der Waals surface area contributed by atoms with Crippen molar-refractivity contribution in [3.63, 3.8) is 0 Å². The Kier molecular flexibility index (Phi) is 4.41. The summed E-state index contributed by atoms with van der Waals surface area (Å²) in [6.45, 7) is 2.33. The Morgan fingerprint density at radius 2 is 1.90 bits per heavy atom. The van der Waals surface area contributed by atoms with E-state index in [9.17, 15) is 4.79 Å². The molecule has 0 atom stereocenters. The first-order valence-electron chi connectivity index (χ1n) is 6.18. The van der Waals surface area contributed by atoms with Crippen molar-refractivity contribution in [2.75, 3.05) is 0 Å². The second-order valence-corrected chi connectivity index (χ2v) is 4.28. The fourth-order valence-electron chi connectivity index (χ4n) is 1.79. The molecule has 0 bridgehead atoms. The molecule has 3 nitrogen and oxygen atoms in total. The molecule has 0 aliphatic carbocycles. The smallest absolute Gasteiger partial charge is 0.382 e. The van der Waals surface area contributed by atoms with Gasteiger partial charge in [0.25, 0.3) is 0 Å². The van der Waals surface area contributed by atoms with Crippen molar-refractivity contribution < 1.29 is 14.6 Å². The molecule has 100 valence electrons. The van der Waals surface area contributed by atoms with E-state index >= 15 is 0 Å². The predicted octanol–water partition coefficient (Wildman–Crippen LogP) is 3.01. The summed E-state index contributed by atoms with van der Waals surface area (Å²) in [5.74, 6) is 4.21. The first kappa shape index (κ1) is 13.7. The third-order valence-corrected chi connectivity index (χ3v) is 2.74. The van der Waals surface area contributed by atoms with E-state index in [4.69, 9.17) is 9.84 Å². The molecule has 0 heterocycles. The molecule has 2 aromatic rings. The van der Waals surface area contributed by atoms with Gasteiger partial charge in [-0.05, 0) is 24.1 Å². The SMILES string of the molecule is Cc1cccc(C#CC(=O)O)c1OCc1ccccc1. The van der Waals surface area contributed by atoms with E-state index in [1.54, 1.807) is 6.07 Å². The van der Waals surface area contributed by atoms with Crippen LogP contribution in [0.4, 0.5) is 0 Å². The molecule has 2 aromatic carbocycles. The van der Waals surface area contributed by atoms with Gasteiger partial charge in [-0.3, -0.25) is 0 Å². The number of aryl methyl sites for hydroxylation is 1. The maximum atomic E-state index is 10.5. The Morgan fingerprint density at radius 3 is 2.60 bits per heavy atom. The van der Waals surface area contributed by atoms with Gasteiger partial charge in [0.15, 0.2) is 0 Å². The molecule has 0 aliphatic heterocycles. The van der Waals surface area contributed by atoms with E-state index < -0.39 is 5.97 Å². The lowest BCUT2D eigenvalue weighted by molar-refractivity contribution is -0.130. The number of rotatable bonds is 3. The van der Waals surface area contributed by atoms with Gasteiger partial charge in [0.05, 0.1) is 5.56 Å². The fraction of sp³-hybridized carbons (Fsp3) is 0.118. The average Bonchev–Trinajstić information content (AvgIpc) is 2.45. The van der Waals surface area contributed by atoms with Gasteiger partial charge < -0.3 is 9.84 Å². The molecule has 0 spiro atoms. The highest BCUT2D eigenvalue weighted by Crippen LogP contribution is 2.23. The summed E-state index contributed by atoms with van der Waals surface area (Å²) in [5, 5.41) is 8.63. The summed E-state index contributed by atoms with van der Waals surface area (Å²) in [7, 11) is 0. The number of ether oxygens (including phenoxy) is 1. The van der Waals surface area contributed by atoms with Crippen molar-refractivity contribution in [2.45, 2.75) is 13.5 Å². The average molecular weight is 266 g/mol. The number of benzene rings is 2. The minimum atomic E-state index is -1.15. The Hall–Kier alpha value is -2.73. The molecular formula is C17H14O3. The molecule has 0 saturated heterocycles. The number of hydrogen-bond acceptors (Lipinski definition) is 2. The largest absolute Gasteiger partial charge is 0.487 e. The Morgan fingerprint density at radius 1 is 1.15 bits per heavy atom. The number of aliphatic carboxylic acids is 1. The molecule has 0 radical (unpaired) electrons. The van der Waals surface area contributed by atoms with Crippen LogP contribution in [0.15, 0.2) is 48.5 Å². The van der Waals surface area contributed by atoms with Crippen LogP contribution in [0.5, 0.6) is 5.75 Å². The van der Waals surface area contributed by atoms with E-state index in [-0.39, 0.29) is 0 Å². The maximum absolute atomic E-state index is 10.5. The summed E-state index contributed by atoms with van der Waals surface area (Å²) < 4.78 is 5.79. The van der Waals surface area contributed by atoms with Gasteiger partial charge in [0, 0.05) is 5.92 Å². The van der Waals surface area contributed by atoms with Crippen LogP contribution < -0.4 is 4.74 Å². The molecule has 20 heavy (non-hydrogen) atoms. The normalized spacial score (nSPS) is 9.45. The van der Waals surface area contributed by atoms with Crippen molar-refractivity contribution in [3.8, 4) is 17.6 Å². The van der Waals surface area contributed by atoms with Crippen LogP contribution in [0.3, 0.4) is 0 Å². The third kappa shape index (κ3) is 3.63. The highest BCUT2D eigenvalue weighted by molar-refractivity contribution is 5.87. The minimum absolute atomic E-state index is 0.424. The van der Waals surface area contributed by atoms with Crippen molar-refractivity contribution in [2.24, 2.45) is 0 Å². The van der Waals surface area contributed by atoms with Crippen LogP contribution in [0.25, 0.3) is 0 Å². The lowest BCUT2D eigenvalue weighted by Gasteiger charge is -2.11. The summed E-state index contributed by atoms with van der Waals surface area (Å²) >= 11 is 0. The van der Waals surface area contributed by atoms with E-state index in [0.29, 0.717) is 17.9 Å². The molecule has 0 unspecified atom stereocenters. The summed E-state index contributed by atoms with van der Waals surface area (Å²) in [6, 6.07) is 15.3. The summed E-state index contributed by atoms with van der Waals surface area (Å²) in [5.41, 5.74) is 2.56. The molecule has 0 amide bonds. The van der Waals surface area contributed by atoms with Gasteiger partial charge in [0.1, 0.15) is 12.4 Å². The third-order valence-electron chi connectivity index (χ3n) is 2.74. The van der Waals surface area contributed by atoms with Crippen molar-refractivity contribution in [1.29, 1.82) is 0 Å². The van der Waals surface area contributed by atoms with Crippen molar-refractivity contribution in [1.82, 2.24) is 0 Å². The molecule has 0 fully saturated rings. The molecule has 0 aliphatic rings. The van der Waals surface area contributed by atoms with Gasteiger partial charge in [-0.2, -0.15) is 0 Å². The second kappa shape index (κ2) is 6.44. The molecule has 0 aromatic heterocycles. The Bertz CT molecular complexity index is 664. The van der Waals surface area contributed by atoms with Gasteiger partial charge in [-0.1, -0.05) is 48.4 Å². The Balaban J connectivity index is 2.23.